The molecule has 0 saturated heterocycles. The molecule has 1 aromatic heterocycles. The van der Waals surface area contributed by atoms with Crippen molar-refractivity contribution < 1.29 is 4.79 Å². The van der Waals surface area contributed by atoms with Gasteiger partial charge in [-0.2, -0.15) is 5.26 Å². The summed E-state index contributed by atoms with van der Waals surface area (Å²) in [4.78, 5) is 12.0. The highest BCUT2D eigenvalue weighted by Gasteiger charge is 2.12. The zero-order chi connectivity index (χ0) is 14.5. The second-order valence-electron chi connectivity index (χ2n) is 4.12. The maximum atomic E-state index is 12.0. The molecule has 0 aliphatic rings. The number of hydrogen-bond donors (Lipinski definition) is 2. The van der Waals surface area contributed by atoms with Gasteiger partial charge in [0.2, 0.25) is 0 Å². The van der Waals surface area contributed by atoms with Gasteiger partial charge in [0.05, 0.1) is 11.3 Å². The molecule has 0 aliphatic carbocycles. The maximum absolute atomic E-state index is 12.0. The van der Waals surface area contributed by atoms with E-state index in [1.165, 1.54) is 0 Å². The van der Waals surface area contributed by atoms with Crippen molar-refractivity contribution in [3.63, 3.8) is 0 Å². The molecular weight excluding hydrogens is 254 g/mol. The van der Waals surface area contributed by atoms with Gasteiger partial charge in [0, 0.05) is 7.05 Å². The molecule has 1 heterocycles. The third-order valence-electron chi connectivity index (χ3n) is 2.79. The number of carbonyl (C=O) groups is 1. The van der Waals surface area contributed by atoms with Crippen molar-refractivity contribution in [2.45, 2.75) is 6.92 Å². The van der Waals surface area contributed by atoms with Gasteiger partial charge in [0.25, 0.3) is 5.91 Å². The number of carbonyl (C=O) groups excluding carboxylic acids is 1. The Kier molecular flexibility index (Phi) is 3.91. The monoisotopic (exact) mass is 267 g/mol. The van der Waals surface area contributed by atoms with Crippen LogP contribution in [0.5, 0.6) is 0 Å². The summed E-state index contributed by atoms with van der Waals surface area (Å²) in [6.07, 6.45) is 0. The van der Waals surface area contributed by atoms with Crippen molar-refractivity contribution >= 4 is 17.4 Å². The summed E-state index contributed by atoms with van der Waals surface area (Å²) in [5.74, 6) is 0.178. The first-order valence-electron chi connectivity index (χ1n) is 5.98. The minimum atomic E-state index is -0.401. The molecule has 2 rings (SSSR count). The lowest BCUT2D eigenvalue weighted by atomic mass is 10.1. The van der Waals surface area contributed by atoms with E-state index < -0.39 is 5.91 Å². The molecule has 2 aromatic rings. The Balaban J connectivity index is 2.23. The van der Waals surface area contributed by atoms with E-state index in [0.717, 1.165) is 5.56 Å². The minimum Gasteiger partial charge on any atom is -0.372 e. The normalized spacial score (nSPS) is 9.65. The van der Waals surface area contributed by atoms with Gasteiger partial charge in [-0.1, -0.05) is 12.1 Å². The quantitative estimate of drug-likeness (QED) is 0.887. The van der Waals surface area contributed by atoms with E-state index >= 15 is 0 Å². The Morgan fingerprint density at radius 3 is 2.65 bits per heavy atom. The Labute approximate surface area is 116 Å². The molecule has 0 bridgehead atoms. The van der Waals surface area contributed by atoms with E-state index in [2.05, 4.69) is 26.9 Å². The fraction of sp³-hybridized carbons (Fsp3) is 0.143. The van der Waals surface area contributed by atoms with Crippen LogP contribution in [0.3, 0.4) is 0 Å². The van der Waals surface area contributed by atoms with Crippen LogP contribution in [0.15, 0.2) is 30.3 Å². The molecule has 20 heavy (non-hydrogen) atoms. The van der Waals surface area contributed by atoms with Crippen LogP contribution in [-0.2, 0) is 0 Å². The molecule has 0 atom stereocenters. The van der Waals surface area contributed by atoms with Crippen LogP contribution in [-0.4, -0.2) is 23.2 Å². The van der Waals surface area contributed by atoms with Crippen LogP contribution in [0.2, 0.25) is 0 Å². The third kappa shape index (κ3) is 2.72. The molecule has 6 nitrogen and oxygen atoms in total. The Bertz CT molecular complexity index is 673. The van der Waals surface area contributed by atoms with Crippen molar-refractivity contribution in [3.8, 4) is 6.07 Å². The van der Waals surface area contributed by atoms with Gasteiger partial charge in [0.15, 0.2) is 5.69 Å². The number of nitrogens with zero attached hydrogens (tertiary/aromatic N) is 3. The highest BCUT2D eigenvalue weighted by atomic mass is 16.1. The minimum absolute atomic E-state index is 0.189. The number of nitrogens with one attached hydrogen (secondary N) is 2. The molecule has 0 unspecified atom stereocenters. The summed E-state index contributed by atoms with van der Waals surface area (Å²) in [5, 5.41) is 22.3. The first-order valence-corrected chi connectivity index (χ1v) is 5.98. The summed E-state index contributed by atoms with van der Waals surface area (Å²) >= 11 is 0. The zero-order valence-electron chi connectivity index (χ0n) is 11.1. The number of aryl methyl sites for hydroxylation is 1. The number of benzene rings is 1. The molecule has 6 heteroatoms. The number of rotatable bonds is 3. The van der Waals surface area contributed by atoms with E-state index in [-0.39, 0.29) is 5.69 Å². The van der Waals surface area contributed by atoms with Crippen LogP contribution < -0.4 is 10.6 Å². The highest BCUT2D eigenvalue weighted by Crippen LogP contribution is 2.18. The lowest BCUT2D eigenvalue weighted by molar-refractivity contribution is 0.102. The Morgan fingerprint density at radius 2 is 2.05 bits per heavy atom. The van der Waals surface area contributed by atoms with E-state index in [0.29, 0.717) is 17.1 Å². The predicted octanol–water partition coefficient (Wildman–Crippen LogP) is 1.95. The van der Waals surface area contributed by atoms with Gasteiger partial charge in [0.1, 0.15) is 11.9 Å². The van der Waals surface area contributed by atoms with E-state index in [1.807, 2.05) is 13.0 Å². The molecule has 0 saturated carbocycles. The molecule has 1 amide bonds. The van der Waals surface area contributed by atoms with Gasteiger partial charge < -0.3 is 10.6 Å². The van der Waals surface area contributed by atoms with Crippen LogP contribution >= 0.6 is 0 Å². The zero-order valence-corrected chi connectivity index (χ0v) is 11.1. The van der Waals surface area contributed by atoms with Crippen LogP contribution in [0.4, 0.5) is 11.5 Å². The maximum Gasteiger partial charge on any atom is 0.276 e. The summed E-state index contributed by atoms with van der Waals surface area (Å²) < 4.78 is 0. The first kappa shape index (κ1) is 13.5. The fourth-order valence-corrected chi connectivity index (χ4v) is 1.69. The average molecular weight is 267 g/mol. The predicted molar refractivity (Wildman–Crippen MR) is 75.4 cm³/mol. The van der Waals surface area contributed by atoms with Gasteiger partial charge in [-0.15, -0.1) is 10.2 Å². The van der Waals surface area contributed by atoms with E-state index in [4.69, 9.17) is 5.26 Å². The second-order valence-corrected chi connectivity index (χ2v) is 4.12. The smallest absolute Gasteiger partial charge is 0.276 e. The summed E-state index contributed by atoms with van der Waals surface area (Å²) in [6.45, 7) is 1.82. The third-order valence-corrected chi connectivity index (χ3v) is 2.79. The highest BCUT2D eigenvalue weighted by molar-refractivity contribution is 6.03. The van der Waals surface area contributed by atoms with Gasteiger partial charge in [-0.3, -0.25) is 4.79 Å². The molecule has 100 valence electrons. The summed E-state index contributed by atoms with van der Waals surface area (Å²) in [7, 11) is 1.72. The number of hydrogen-bond acceptors (Lipinski definition) is 5. The van der Waals surface area contributed by atoms with Crippen molar-refractivity contribution in [3.05, 3.63) is 47.2 Å². The van der Waals surface area contributed by atoms with Crippen LogP contribution in [0, 0.1) is 18.3 Å². The van der Waals surface area contributed by atoms with Crippen LogP contribution in [0.25, 0.3) is 0 Å². The average Bonchev–Trinajstić information content (AvgIpc) is 2.47. The lowest BCUT2D eigenvalue weighted by Gasteiger charge is -2.08. The Morgan fingerprint density at radius 1 is 1.25 bits per heavy atom. The molecule has 0 spiro atoms. The fourth-order valence-electron chi connectivity index (χ4n) is 1.69. The number of anilines is 2. The number of aromatic nitrogens is 2. The van der Waals surface area contributed by atoms with Crippen LogP contribution in [0.1, 0.15) is 21.6 Å². The largest absolute Gasteiger partial charge is 0.372 e. The van der Waals surface area contributed by atoms with Gasteiger partial charge in [-0.05, 0) is 30.7 Å². The van der Waals surface area contributed by atoms with Gasteiger partial charge >= 0.3 is 0 Å². The van der Waals surface area contributed by atoms with Crippen molar-refractivity contribution in [2.24, 2.45) is 0 Å². The van der Waals surface area contributed by atoms with E-state index in [9.17, 15) is 4.79 Å². The molecular formula is C14H13N5O. The summed E-state index contributed by atoms with van der Waals surface area (Å²) in [5.41, 5.74) is 1.91. The second kappa shape index (κ2) is 5.80. The SMILES string of the molecule is CNc1ccc(C(=O)Nc2cccc(C)c2C#N)nn1. The summed E-state index contributed by atoms with van der Waals surface area (Å²) in [6, 6.07) is 10.6. The standard InChI is InChI=1S/C14H13N5O/c1-9-4-3-5-11(10(9)8-15)17-14(20)12-6-7-13(16-2)19-18-12/h3-7H,1-2H3,(H,16,19)(H,17,20). The van der Waals surface area contributed by atoms with Gasteiger partial charge in [-0.25, -0.2) is 0 Å². The molecule has 2 N–H and O–H groups in total. The topological polar surface area (TPSA) is 90.7 Å². The first-order chi connectivity index (χ1) is 9.65. The number of amides is 1. The number of nitriles is 1. The van der Waals surface area contributed by atoms with E-state index in [1.54, 1.807) is 31.3 Å². The lowest BCUT2D eigenvalue weighted by Crippen LogP contribution is -2.15. The molecule has 0 aliphatic heterocycles. The van der Waals surface area contributed by atoms with Crippen molar-refractivity contribution in [1.82, 2.24) is 10.2 Å². The molecule has 0 fully saturated rings. The Hall–Kier alpha value is -2.94. The molecule has 1 aromatic carbocycles. The molecule has 0 radical (unpaired) electrons. The van der Waals surface area contributed by atoms with Crippen molar-refractivity contribution in [1.29, 1.82) is 5.26 Å². The van der Waals surface area contributed by atoms with Crippen molar-refractivity contribution in [2.75, 3.05) is 17.7 Å².